The van der Waals surface area contributed by atoms with Crippen LogP contribution >= 0.6 is 0 Å². The SMILES string of the molecule is CCOC(=O)/C(=C/CCC(F)(F)C(F)(F)F)CCCCCCCCC[C@@H]1c2ccc(OCOC)cc2OC[C@]1(C)c1ccc(OCOC)cc1. The Bertz CT molecular complexity index is 1350. The van der Waals surface area contributed by atoms with Gasteiger partial charge in [0.2, 0.25) is 0 Å². The van der Waals surface area contributed by atoms with Gasteiger partial charge < -0.3 is 28.4 Å². The number of esters is 1. The zero-order chi connectivity index (χ0) is 36.6. The molecule has 0 fully saturated rings. The number of hydrogen-bond donors (Lipinski definition) is 0. The number of fused-ring (bicyclic) bond motifs is 1. The van der Waals surface area contributed by atoms with Crippen LogP contribution in [0.2, 0.25) is 0 Å². The van der Waals surface area contributed by atoms with Crippen LogP contribution in [0, 0.1) is 0 Å². The molecule has 0 aliphatic carbocycles. The largest absolute Gasteiger partial charge is 0.492 e. The van der Waals surface area contributed by atoms with E-state index in [0.717, 1.165) is 73.6 Å². The lowest BCUT2D eigenvalue weighted by atomic mass is 9.66. The van der Waals surface area contributed by atoms with Gasteiger partial charge in [-0.2, -0.15) is 22.0 Å². The Morgan fingerprint density at radius 3 is 2.10 bits per heavy atom. The normalized spacial score (nSPS) is 17.9. The number of alkyl halides is 5. The predicted octanol–water partition coefficient (Wildman–Crippen LogP) is 10.1. The monoisotopic (exact) mass is 714 g/mol. The van der Waals surface area contributed by atoms with Gasteiger partial charge in [0.15, 0.2) is 13.6 Å². The van der Waals surface area contributed by atoms with E-state index < -0.39 is 30.9 Å². The van der Waals surface area contributed by atoms with Gasteiger partial charge in [0, 0.05) is 43.6 Å². The fraction of sp³-hybridized carbons (Fsp3) is 0.605. The standard InChI is InChI=1S/C38H51F5O7/c1-5-47-35(44)28(15-13-23-37(39,40)38(41,42)43)14-11-9-7-6-8-10-12-16-33-32-22-21-31(50-27-46-4)24-34(32)48-25-36(33,2)29-17-19-30(20-18-29)49-26-45-3/h15,17-22,24,33H,5-14,16,23,25-27H2,1-4H3/b28-15+/t33-,36-/m1/s1. The molecule has 3 rings (SSSR count). The Morgan fingerprint density at radius 1 is 0.880 bits per heavy atom. The molecule has 50 heavy (non-hydrogen) atoms. The molecule has 0 unspecified atom stereocenters. The fourth-order valence-electron chi connectivity index (χ4n) is 6.26. The van der Waals surface area contributed by atoms with E-state index in [4.69, 9.17) is 28.4 Å². The van der Waals surface area contributed by atoms with Crippen molar-refractivity contribution >= 4 is 5.97 Å². The third kappa shape index (κ3) is 11.9. The molecule has 12 heteroatoms. The summed E-state index contributed by atoms with van der Waals surface area (Å²) >= 11 is 0. The summed E-state index contributed by atoms with van der Waals surface area (Å²) in [5, 5.41) is 0. The number of hydrogen-bond acceptors (Lipinski definition) is 7. The highest BCUT2D eigenvalue weighted by molar-refractivity contribution is 5.88. The maximum absolute atomic E-state index is 13.3. The van der Waals surface area contributed by atoms with Gasteiger partial charge in [-0.1, -0.05) is 69.7 Å². The average molecular weight is 715 g/mol. The van der Waals surface area contributed by atoms with Gasteiger partial charge in [-0.25, -0.2) is 4.79 Å². The summed E-state index contributed by atoms with van der Waals surface area (Å²) in [5.74, 6) is -3.06. The molecule has 280 valence electrons. The summed E-state index contributed by atoms with van der Waals surface area (Å²) < 4.78 is 96.8. The quantitative estimate of drug-likeness (QED) is 0.0395. The zero-order valence-corrected chi connectivity index (χ0v) is 29.6. The number of unbranched alkanes of at least 4 members (excludes halogenated alkanes) is 6. The number of carbonyl (C=O) groups is 1. The van der Waals surface area contributed by atoms with Crippen LogP contribution in [0.5, 0.6) is 17.2 Å². The van der Waals surface area contributed by atoms with Gasteiger partial charge in [-0.3, -0.25) is 0 Å². The lowest BCUT2D eigenvalue weighted by molar-refractivity contribution is -0.283. The molecule has 2 aromatic rings. The van der Waals surface area contributed by atoms with E-state index in [0.29, 0.717) is 18.8 Å². The lowest BCUT2D eigenvalue weighted by Gasteiger charge is -2.43. The van der Waals surface area contributed by atoms with Gasteiger partial charge in [-0.15, -0.1) is 0 Å². The van der Waals surface area contributed by atoms with E-state index in [1.54, 1.807) is 21.1 Å². The van der Waals surface area contributed by atoms with Crippen LogP contribution < -0.4 is 14.2 Å². The first-order valence-corrected chi connectivity index (χ1v) is 17.3. The van der Waals surface area contributed by atoms with E-state index in [-0.39, 0.29) is 43.5 Å². The van der Waals surface area contributed by atoms with E-state index >= 15 is 0 Å². The summed E-state index contributed by atoms with van der Waals surface area (Å²) in [4.78, 5) is 12.3. The van der Waals surface area contributed by atoms with Crippen LogP contribution in [0.25, 0.3) is 0 Å². The van der Waals surface area contributed by atoms with Crippen molar-refractivity contribution in [3.63, 3.8) is 0 Å². The second-order valence-electron chi connectivity index (χ2n) is 12.8. The van der Waals surface area contributed by atoms with Crippen LogP contribution in [-0.2, 0) is 24.4 Å². The lowest BCUT2D eigenvalue weighted by Crippen LogP contribution is -2.40. The molecule has 2 atom stereocenters. The summed E-state index contributed by atoms with van der Waals surface area (Å²) in [5.41, 5.74) is 2.16. The van der Waals surface area contributed by atoms with Crippen molar-refractivity contribution in [2.45, 2.75) is 108 Å². The van der Waals surface area contributed by atoms with E-state index in [9.17, 15) is 26.7 Å². The van der Waals surface area contributed by atoms with Crippen LogP contribution in [0.3, 0.4) is 0 Å². The minimum absolute atomic E-state index is 0.0907. The highest BCUT2D eigenvalue weighted by Crippen LogP contribution is 2.50. The maximum atomic E-state index is 13.3. The van der Waals surface area contributed by atoms with Crippen molar-refractivity contribution in [2.24, 2.45) is 0 Å². The second kappa shape index (κ2) is 19.9. The number of benzene rings is 2. The van der Waals surface area contributed by atoms with Gasteiger partial charge in [0.1, 0.15) is 17.2 Å². The molecule has 1 aliphatic heterocycles. The average Bonchev–Trinajstić information content (AvgIpc) is 3.08. The van der Waals surface area contributed by atoms with Gasteiger partial charge in [0.25, 0.3) is 0 Å². The van der Waals surface area contributed by atoms with E-state index in [1.807, 2.05) is 24.3 Å². The molecule has 0 saturated heterocycles. The number of carbonyl (C=O) groups excluding carboxylic acids is 1. The van der Waals surface area contributed by atoms with E-state index in [2.05, 4.69) is 25.1 Å². The van der Waals surface area contributed by atoms with Crippen molar-refractivity contribution < 1.29 is 55.2 Å². The Labute approximate surface area is 292 Å². The zero-order valence-electron chi connectivity index (χ0n) is 29.6. The molecular formula is C38H51F5O7. The topological polar surface area (TPSA) is 72.5 Å². The van der Waals surface area contributed by atoms with Crippen molar-refractivity contribution in [3.8, 4) is 17.2 Å². The fourth-order valence-corrected chi connectivity index (χ4v) is 6.26. The number of ether oxygens (including phenoxy) is 6. The number of rotatable bonds is 22. The molecule has 0 spiro atoms. The Hall–Kier alpha value is -3.38. The first-order chi connectivity index (χ1) is 23.9. The molecule has 0 aromatic heterocycles. The van der Waals surface area contributed by atoms with Crippen LogP contribution in [0.15, 0.2) is 54.1 Å². The summed E-state index contributed by atoms with van der Waals surface area (Å²) in [6.45, 7) is 4.76. The van der Waals surface area contributed by atoms with Crippen molar-refractivity contribution in [3.05, 3.63) is 65.2 Å². The molecule has 0 N–H and O–H groups in total. The Morgan fingerprint density at radius 2 is 1.48 bits per heavy atom. The molecule has 0 radical (unpaired) electrons. The maximum Gasteiger partial charge on any atom is 0.453 e. The predicted molar refractivity (Wildman–Crippen MR) is 180 cm³/mol. The number of halogens is 5. The molecule has 1 aliphatic rings. The van der Waals surface area contributed by atoms with Gasteiger partial charge in [-0.05, 0) is 61.9 Å². The molecule has 1 heterocycles. The smallest absolute Gasteiger partial charge is 0.453 e. The summed E-state index contributed by atoms with van der Waals surface area (Å²) in [6.07, 6.45) is 1.19. The van der Waals surface area contributed by atoms with Crippen LogP contribution in [0.4, 0.5) is 22.0 Å². The number of methoxy groups -OCH3 is 2. The molecule has 0 bridgehead atoms. The van der Waals surface area contributed by atoms with Crippen LogP contribution in [-0.4, -0.2) is 59.1 Å². The van der Waals surface area contributed by atoms with Crippen molar-refractivity contribution in [1.82, 2.24) is 0 Å². The molecule has 7 nitrogen and oxygen atoms in total. The third-order valence-electron chi connectivity index (χ3n) is 9.10. The first kappa shape index (κ1) is 41.0. The molecule has 0 saturated carbocycles. The van der Waals surface area contributed by atoms with E-state index in [1.165, 1.54) is 0 Å². The minimum atomic E-state index is -5.62. The molecule has 0 amide bonds. The van der Waals surface area contributed by atoms with Gasteiger partial charge >= 0.3 is 18.1 Å². The third-order valence-corrected chi connectivity index (χ3v) is 9.10. The molecular weight excluding hydrogens is 663 g/mol. The first-order valence-electron chi connectivity index (χ1n) is 17.3. The van der Waals surface area contributed by atoms with Crippen molar-refractivity contribution in [1.29, 1.82) is 0 Å². The van der Waals surface area contributed by atoms with Crippen molar-refractivity contribution in [2.75, 3.05) is 41.0 Å². The van der Waals surface area contributed by atoms with Crippen LogP contribution in [0.1, 0.15) is 102 Å². The minimum Gasteiger partial charge on any atom is -0.492 e. The highest BCUT2D eigenvalue weighted by atomic mass is 19.4. The second-order valence-corrected chi connectivity index (χ2v) is 12.8. The Balaban J connectivity index is 1.54. The van der Waals surface area contributed by atoms with Gasteiger partial charge in [0.05, 0.1) is 13.2 Å². The summed E-state index contributed by atoms with van der Waals surface area (Å²) in [7, 11) is 3.15. The number of allylic oxidation sites excluding steroid dienone is 1. The summed E-state index contributed by atoms with van der Waals surface area (Å²) in [6, 6.07) is 14.0. The highest BCUT2D eigenvalue weighted by Gasteiger charge is 2.56. The Kier molecular flexibility index (Phi) is 16.3. The molecule has 2 aromatic carbocycles.